The Balaban J connectivity index is 0.978. The molecule has 3 aromatic rings. The Morgan fingerprint density at radius 3 is 2.30 bits per heavy atom. The normalized spacial score (nSPS) is 22.0. The lowest BCUT2D eigenvalue weighted by molar-refractivity contribution is -0.143. The third-order valence-electron chi connectivity index (χ3n) is 13.3. The highest BCUT2D eigenvalue weighted by Crippen LogP contribution is 2.48. The van der Waals surface area contributed by atoms with Crippen LogP contribution >= 0.6 is 0 Å². The molecule has 1 N–H and O–H groups in total. The van der Waals surface area contributed by atoms with Gasteiger partial charge >= 0.3 is 12.4 Å². The molecule has 342 valence electrons. The van der Waals surface area contributed by atoms with Crippen molar-refractivity contribution in [3.8, 4) is 0 Å². The van der Waals surface area contributed by atoms with E-state index in [1.807, 2.05) is 17.0 Å². The molecule has 3 saturated heterocycles. The second-order valence-corrected chi connectivity index (χ2v) is 17.3. The molecule has 3 aliphatic heterocycles. The van der Waals surface area contributed by atoms with Crippen molar-refractivity contribution in [2.75, 3.05) is 79.3 Å². The Hall–Kier alpha value is -4.58. The van der Waals surface area contributed by atoms with Gasteiger partial charge in [-0.1, -0.05) is 36.4 Å². The molecule has 10 nitrogen and oxygen atoms in total. The third-order valence-corrected chi connectivity index (χ3v) is 13.3. The maximum atomic E-state index is 14.1. The summed E-state index contributed by atoms with van der Waals surface area (Å²) >= 11 is 0. The molecule has 17 heteroatoms. The fourth-order valence-electron chi connectivity index (χ4n) is 9.57. The Bertz CT molecular complexity index is 2060. The summed E-state index contributed by atoms with van der Waals surface area (Å²) in [4.78, 5) is 46.3. The van der Waals surface area contributed by atoms with Crippen molar-refractivity contribution in [1.29, 1.82) is 0 Å². The number of hydrogen-bond acceptors (Lipinski definition) is 7. The summed E-state index contributed by atoms with van der Waals surface area (Å²) in [5.41, 5.74) is -2.65. The van der Waals surface area contributed by atoms with Crippen molar-refractivity contribution in [2.45, 2.75) is 80.8 Å². The number of hydrogen-bond donors (Lipinski definition) is 1. The predicted octanol–water partition coefficient (Wildman–Crippen LogP) is 7.00. The molecule has 0 radical (unpaired) electrons. The van der Waals surface area contributed by atoms with E-state index in [4.69, 9.17) is 9.47 Å². The molecule has 3 heterocycles. The first kappa shape index (κ1) is 46.4. The number of carbonyl (C=O) groups excluding carboxylic acids is 3. The highest BCUT2D eigenvalue weighted by molar-refractivity contribution is 5.95. The number of likely N-dealkylation sites (tertiary alicyclic amines) is 1. The van der Waals surface area contributed by atoms with E-state index in [1.165, 1.54) is 35.4 Å². The van der Waals surface area contributed by atoms with Gasteiger partial charge in [-0.3, -0.25) is 14.4 Å². The van der Waals surface area contributed by atoms with Gasteiger partial charge in [-0.25, -0.2) is 4.39 Å². The lowest BCUT2D eigenvalue weighted by atomic mass is 9.72. The zero-order valence-corrected chi connectivity index (χ0v) is 35.3. The molecule has 63 heavy (non-hydrogen) atoms. The number of benzene rings is 3. The van der Waals surface area contributed by atoms with Crippen molar-refractivity contribution in [1.82, 2.24) is 24.9 Å². The van der Waals surface area contributed by atoms with Crippen molar-refractivity contribution in [2.24, 2.45) is 0 Å². The highest BCUT2D eigenvalue weighted by Gasteiger charge is 2.50. The lowest BCUT2D eigenvalue weighted by Crippen LogP contribution is -2.50. The van der Waals surface area contributed by atoms with E-state index in [-0.39, 0.29) is 49.0 Å². The summed E-state index contributed by atoms with van der Waals surface area (Å²) in [5.74, 6) is -1.58. The summed E-state index contributed by atoms with van der Waals surface area (Å²) in [6.45, 7) is 4.26. The topological polar surface area (TPSA) is 94.7 Å². The van der Waals surface area contributed by atoms with Gasteiger partial charge in [0.1, 0.15) is 24.8 Å². The van der Waals surface area contributed by atoms with Crippen LogP contribution in [0.3, 0.4) is 0 Å². The summed E-state index contributed by atoms with van der Waals surface area (Å²) in [6, 6.07) is 14.5. The number of unbranched alkanes of at least 4 members (excludes halogenated alkanes) is 1. The van der Waals surface area contributed by atoms with Gasteiger partial charge in [0.25, 0.3) is 5.91 Å². The van der Waals surface area contributed by atoms with Crippen LogP contribution in [0.1, 0.15) is 83.1 Å². The molecule has 1 aliphatic carbocycles. The number of alkyl halides is 6. The summed E-state index contributed by atoms with van der Waals surface area (Å²) < 4.78 is 109. The third kappa shape index (κ3) is 10.7. The fourth-order valence-corrected chi connectivity index (χ4v) is 9.57. The van der Waals surface area contributed by atoms with Crippen molar-refractivity contribution in [3.05, 3.63) is 106 Å². The van der Waals surface area contributed by atoms with Crippen LogP contribution in [0, 0.1) is 5.82 Å². The zero-order chi connectivity index (χ0) is 45.0. The molecule has 3 aromatic carbocycles. The number of piperidine rings is 1. The first-order chi connectivity index (χ1) is 30.0. The van der Waals surface area contributed by atoms with Crippen LogP contribution in [0.4, 0.5) is 30.7 Å². The summed E-state index contributed by atoms with van der Waals surface area (Å²) in [7, 11) is 1.77. The van der Waals surface area contributed by atoms with E-state index in [2.05, 4.69) is 22.3 Å². The quantitative estimate of drug-likeness (QED) is 0.146. The molecule has 1 spiro atoms. The molecule has 0 saturated carbocycles. The summed E-state index contributed by atoms with van der Waals surface area (Å²) in [5, 5.41) is 3.17. The largest absolute Gasteiger partial charge is 0.416 e. The lowest BCUT2D eigenvalue weighted by Gasteiger charge is -2.44. The van der Waals surface area contributed by atoms with Gasteiger partial charge in [0.2, 0.25) is 11.8 Å². The highest BCUT2D eigenvalue weighted by atomic mass is 19.4. The van der Waals surface area contributed by atoms with Crippen LogP contribution in [0.5, 0.6) is 0 Å². The maximum absolute atomic E-state index is 14.1. The average molecular weight is 890 g/mol. The number of nitrogens with one attached hydrogen (secondary N) is 1. The molecule has 3 amide bonds. The number of carbonyl (C=O) groups is 3. The van der Waals surface area contributed by atoms with Gasteiger partial charge in [-0.05, 0) is 118 Å². The number of likely N-dealkylation sites (N-methyl/N-ethyl adjacent to an activating group) is 1. The standard InChI is InChI=1S/C46H54F7N5O5/c1-55(18-6-7-20-57-19-5-4-17-54-28-40(57)59)41(60)29-62-39-26-32-8-2-3-9-38(32)43(39)14-21-56(22-15-43)23-16-44(34-10-12-37(47)13-11-34)30-58(31-63-44)42(61)33-24-35(45(48,49)50)27-36(25-33)46(51,52)53/h2-3,8-13,24-25,27,39,54H,4-7,14-23,26,28-31H2,1H3/t39-,44-/m0/s1. The molecular weight excluding hydrogens is 836 g/mol. The van der Waals surface area contributed by atoms with Crippen LogP contribution in [0.25, 0.3) is 0 Å². The van der Waals surface area contributed by atoms with E-state index in [0.717, 1.165) is 56.5 Å². The molecule has 0 bridgehead atoms. The van der Waals surface area contributed by atoms with Gasteiger partial charge in [0.15, 0.2) is 0 Å². The van der Waals surface area contributed by atoms with Crippen LogP contribution in [0.2, 0.25) is 0 Å². The predicted molar refractivity (Wildman–Crippen MR) is 219 cm³/mol. The van der Waals surface area contributed by atoms with Crippen molar-refractivity contribution >= 4 is 17.7 Å². The number of amides is 3. The molecule has 4 aliphatic rings. The zero-order valence-electron chi connectivity index (χ0n) is 35.3. The summed E-state index contributed by atoms with van der Waals surface area (Å²) in [6.07, 6.45) is -4.56. The van der Waals surface area contributed by atoms with Gasteiger partial charge in [0.05, 0.1) is 30.3 Å². The van der Waals surface area contributed by atoms with E-state index in [0.29, 0.717) is 63.4 Å². The van der Waals surface area contributed by atoms with Crippen molar-refractivity contribution < 1.29 is 54.6 Å². The maximum Gasteiger partial charge on any atom is 0.416 e. The molecule has 0 aromatic heterocycles. The molecule has 0 unspecified atom stereocenters. The van der Waals surface area contributed by atoms with Gasteiger partial charge in [0, 0.05) is 44.2 Å². The van der Waals surface area contributed by atoms with Gasteiger partial charge < -0.3 is 34.4 Å². The van der Waals surface area contributed by atoms with Crippen LogP contribution in [-0.4, -0.2) is 123 Å². The number of ether oxygens (including phenoxy) is 2. The molecule has 3 fully saturated rings. The minimum absolute atomic E-state index is 0.0227. The second-order valence-electron chi connectivity index (χ2n) is 17.3. The molecule has 2 atom stereocenters. The molecular formula is C46H54F7N5O5. The van der Waals surface area contributed by atoms with Crippen LogP contribution in [-0.2, 0) is 48.9 Å². The molecule has 7 rings (SSSR count). The Labute approximate surface area is 362 Å². The van der Waals surface area contributed by atoms with Gasteiger partial charge in [-0.2, -0.15) is 26.3 Å². The second kappa shape index (κ2) is 19.3. The van der Waals surface area contributed by atoms with E-state index in [9.17, 15) is 45.1 Å². The van der Waals surface area contributed by atoms with Crippen LogP contribution < -0.4 is 5.32 Å². The minimum Gasteiger partial charge on any atom is -0.367 e. The van der Waals surface area contributed by atoms with E-state index < -0.39 is 53.1 Å². The van der Waals surface area contributed by atoms with Crippen molar-refractivity contribution in [3.63, 3.8) is 0 Å². The Morgan fingerprint density at radius 2 is 1.60 bits per heavy atom. The Kier molecular flexibility index (Phi) is 14.2. The van der Waals surface area contributed by atoms with Gasteiger partial charge in [-0.15, -0.1) is 0 Å². The number of halogens is 7. The number of nitrogens with zero attached hydrogens (tertiary/aromatic N) is 4. The van der Waals surface area contributed by atoms with Crippen LogP contribution in [0.15, 0.2) is 66.7 Å². The first-order valence-corrected chi connectivity index (χ1v) is 21.6. The number of fused-ring (bicyclic) bond motifs is 2. The minimum atomic E-state index is -5.13. The fraction of sp³-hybridized carbons (Fsp3) is 0.543. The number of rotatable bonds is 13. The SMILES string of the molecule is CN(CCCCN1CCCCNCC1=O)C(=O)CO[C@H]1Cc2ccccc2C12CCN(CC[C@@]1(c3ccc(F)cc3)CN(C(=O)c3cc(C(F)(F)F)cc(C(F)(F)F)c3)CO1)CC2. The average Bonchev–Trinajstić information content (AvgIpc) is 3.82. The monoisotopic (exact) mass is 889 g/mol. The smallest absolute Gasteiger partial charge is 0.367 e. The van der Waals surface area contributed by atoms with E-state index >= 15 is 0 Å². The first-order valence-electron chi connectivity index (χ1n) is 21.6. The Morgan fingerprint density at radius 1 is 0.905 bits per heavy atom. The van der Waals surface area contributed by atoms with E-state index in [1.54, 1.807) is 11.9 Å².